The summed E-state index contributed by atoms with van der Waals surface area (Å²) in [5.74, 6) is -0.314. The Labute approximate surface area is 131 Å². The average Bonchev–Trinajstić information content (AvgIpc) is 2.49. The predicted octanol–water partition coefficient (Wildman–Crippen LogP) is 0.425. The summed E-state index contributed by atoms with van der Waals surface area (Å²) in [5.41, 5.74) is 7.30. The molecule has 22 heavy (non-hydrogen) atoms. The molecule has 1 heterocycles. The molecular formula is C16H24N4O2. The van der Waals surface area contributed by atoms with Gasteiger partial charge in [0.25, 0.3) is 0 Å². The summed E-state index contributed by atoms with van der Waals surface area (Å²) in [4.78, 5) is 27.4. The van der Waals surface area contributed by atoms with Crippen LogP contribution in [0.15, 0.2) is 24.3 Å². The molecule has 0 aromatic heterocycles. The van der Waals surface area contributed by atoms with Crippen LogP contribution in [0.2, 0.25) is 0 Å². The van der Waals surface area contributed by atoms with Crippen LogP contribution in [0.5, 0.6) is 0 Å². The van der Waals surface area contributed by atoms with E-state index in [2.05, 4.69) is 15.1 Å². The Hall–Kier alpha value is -1.92. The lowest BCUT2D eigenvalue weighted by molar-refractivity contribution is -0.124. The molecule has 1 aliphatic rings. The second kappa shape index (κ2) is 7.38. The van der Waals surface area contributed by atoms with Crippen LogP contribution in [-0.2, 0) is 9.59 Å². The molecule has 0 aliphatic carbocycles. The number of primary amides is 1. The van der Waals surface area contributed by atoms with Crippen molar-refractivity contribution in [2.75, 3.05) is 38.0 Å². The van der Waals surface area contributed by atoms with Gasteiger partial charge >= 0.3 is 0 Å². The first-order valence-corrected chi connectivity index (χ1v) is 7.58. The van der Waals surface area contributed by atoms with Crippen molar-refractivity contribution in [3.05, 3.63) is 29.8 Å². The molecule has 1 atom stereocenters. The fraction of sp³-hybridized carbons (Fsp3) is 0.500. The predicted molar refractivity (Wildman–Crippen MR) is 86.5 cm³/mol. The number of amides is 2. The van der Waals surface area contributed by atoms with Gasteiger partial charge in [-0.1, -0.05) is 17.7 Å². The highest BCUT2D eigenvalue weighted by atomic mass is 16.2. The van der Waals surface area contributed by atoms with Crippen molar-refractivity contribution in [2.24, 2.45) is 5.73 Å². The number of nitrogens with one attached hydrogen (secondary N) is 1. The molecule has 1 saturated heterocycles. The number of carbonyl (C=O) groups is 2. The fourth-order valence-corrected chi connectivity index (χ4v) is 2.53. The fourth-order valence-electron chi connectivity index (χ4n) is 2.53. The van der Waals surface area contributed by atoms with Crippen LogP contribution >= 0.6 is 0 Å². The summed E-state index contributed by atoms with van der Waals surface area (Å²) in [7, 11) is 0. The summed E-state index contributed by atoms with van der Waals surface area (Å²) in [6.07, 6.45) is 0. The molecule has 2 amide bonds. The van der Waals surface area contributed by atoms with Crippen molar-refractivity contribution in [1.82, 2.24) is 9.80 Å². The Morgan fingerprint density at radius 1 is 1.18 bits per heavy atom. The zero-order valence-corrected chi connectivity index (χ0v) is 13.2. The number of carbonyl (C=O) groups excluding carboxylic acids is 2. The Bertz CT molecular complexity index is 521. The van der Waals surface area contributed by atoms with Gasteiger partial charge in [-0.15, -0.1) is 0 Å². The van der Waals surface area contributed by atoms with Crippen molar-refractivity contribution < 1.29 is 9.59 Å². The molecule has 1 aromatic rings. The Morgan fingerprint density at radius 3 is 2.32 bits per heavy atom. The van der Waals surface area contributed by atoms with Gasteiger partial charge in [-0.05, 0) is 26.0 Å². The molecule has 6 heteroatoms. The zero-order valence-electron chi connectivity index (χ0n) is 13.2. The Kier molecular flexibility index (Phi) is 5.51. The first-order chi connectivity index (χ1) is 10.5. The molecule has 1 aromatic carbocycles. The van der Waals surface area contributed by atoms with E-state index in [1.54, 1.807) is 0 Å². The summed E-state index contributed by atoms with van der Waals surface area (Å²) < 4.78 is 0. The van der Waals surface area contributed by atoms with E-state index < -0.39 is 0 Å². The molecule has 0 bridgehead atoms. The van der Waals surface area contributed by atoms with Crippen LogP contribution < -0.4 is 11.1 Å². The SMILES string of the molecule is Cc1ccc(NC(=O)CN2CCN([C@H](C)C(N)=O)CC2)cc1. The van der Waals surface area contributed by atoms with Crippen LogP contribution in [0.25, 0.3) is 0 Å². The van der Waals surface area contributed by atoms with Gasteiger partial charge in [0.05, 0.1) is 12.6 Å². The molecule has 0 saturated carbocycles. The Balaban J connectivity index is 1.77. The molecule has 6 nitrogen and oxygen atoms in total. The van der Waals surface area contributed by atoms with E-state index in [9.17, 15) is 9.59 Å². The van der Waals surface area contributed by atoms with Crippen LogP contribution in [-0.4, -0.2) is 60.4 Å². The minimum Gasteiger partial charge on any atom is -0.368 e. The van der Waals surface area contributed by atoms with Gasteiger partial charge in [0.2, 0.25) is 11.8 Å². The molecule has 0 spiro atoms. The normalized spacial score (nSPS) is 17.9. The van der Waals surface area contributed by atoms with E-state index >= 15 is 0 Å². The van der Waals surface area contributed by atoms with Crippen molar-refractivity contribution >= 4 is 17.5 Å². The third-order valence-electron chi connectivity index (χ3n) is 4.07. The summed E-state index contributed by atoms with van der Waals surface area (Å²) >= 11 is 0. The monoisotopic (exact) mass is 304 g/mol. The molecular weight excluding hydrogens is 280 g/mol. The smallest absolute Gasteiger partial charge is 0.238 e. The van der Waals surface area contributed by atoms with E-state index in [1.807, 2.05) is 38.1 Å². The van der Waals surface area contributed by atoms with Crippen LogP contribution in [0, 0.1) is 6.92 Å². The molecule has 0 unspecified atom stereocenters. The second-order valence-corrected chi connectivity index (χ2v) is 5.80. The topological polar surface area (TPSA) is 78.7 Å². The highest BCUT2D eigenvalue weighted by Gasteiger charge is 2.24. The standard InChI is InChI=1S/C16H24N4O2/c1-12-3-5-14(6-4-12)18-15(21)11-19-7-9-20(10-8-19)13(2)16(17)22/h3-6,13H,7-11H2,1-2H3,(H2,17,22)(H,18,21)/t13-/m1/s1. The lowest BCUT2D eigenvalue weighted by atomic mass is 10.2. The van der Waals surface area contributed by atoms with Crippen molar-refractivity contribution in [3.8, 4) is 0 Å². The summed E-state index contributed by atoms with van der Waals surface area (Å²) in [6, 6.07) is 7.50. The molecule has 1 fully saturated rings. The summed E-state index contributed by atoms with van der Waals surface area (Å²) in [5, 5.41) is 2.90. The third-order valence-corrected chi connectivity index (χ3v) is 4.07. The van der Waals surface area contributed by atoms with Crippen LogP contribution in [0.3, 0.4) is 0 Å². The second-order valence-electron chi connectivity index (χ2n) is 5.80. The number of benzene rings is 1. The van der Waals surface area contributed by atoms with Gasteiger partial charge in [0.15, 0.2) is 0 Å². The average molecular weight is 304 g/mol. The van der Waals surface area contributed by atoms with Crippen molar-refractivity contribution in [3.63, 3.8) is 0 Å². The minimum atomic E-state index is -0.300. The van der Waals surface area contributed by atoms with Gasteiger partial charge in [0.1, 0.15) is 0 Å². The largest absolute Gasteiger partial charge is 0.368 e. The lowest BCUT2D eigenvalue weighted by Crippen LogP contribution is -2.54. The van der Waals surface area contributed by atoms with Crippen molar-refractivity contribution in [1.29, 1.82) is 0 Å². The van der Waals surface area contributed by atoms with Gasteiger partial charge in [-0.2, -0.15) is 0 Å². The number of nitrogens with two attached hydrogens (primary N) is 1. The van der Waals surface area contributed by atoms with Gasteiger partial charge in [-0.3, -0.25) is 19.4 Å². The van der Waals surface area contributed by atoms with E-state index in [4.69, 9.17) is 5.73 Å². The van der Waals surface area contributed by atoms with Gasteiger partial charge in [0, 0.05) is 31.9 Å². The maximum Gasteiger partial charge on any atom is 0.238 e. The number of nitrogens with zero attached hydrogens (tertiary/aromatic N) is 2. The molecule has 1 aliphatic heterocycles. The van der Waals surface area contributed by atoms with E-state index in [0.717, 1.165) is 37.4 Å². The minimum absolute atomic E-state index is 0.0137. The quantitative estimate of drug-likeness (QED) is 0.826. The molecule has 3 N–H and O–H groups in total. The number of anilines is 1. The third kappa shape index (κ3) is 4.54. The van der Waals surface area contributed by atoms with Crippen molar-refractivity contribution in [2.45, 2.75) is 19.9 Å². The number of hydrogen-bond donors (Lipinski definition) is 2. The Morgan fingerprint density at radius 2 is 1.77 bits per heavy atom. The maximum atomic E-state index is 12.0. The highest BCUT2D eigenvalue weighted by Crippen LogP contribution is 2.10. The van der Waals surface area contributed by atoms with E-state index in [0.29, 0.717) is 6.54 Å². The summed E-state index contributed by atoms with van der Waals surface area (Å²) in [6.45, 7) is 7.23. The lowest BCUT2D eigenvalue weighted by Gasteiger charge is -2.36. The van der Waals surface area contributed by atoms with Gasteiger partial charge in [-0.25, -0.2) is 0 Å². The number of rotatable bonds is 5. The maximum absolute atomic E-state index is 12.0. The number of piperazine rings is 1. The highest BCUT2D eigenvalue weighted by molar-refractivity contribution is 5.92. The zero-order chi connectivity index (χ0) is 16.1. The van der Waals surface area contributed by atoms with Crippen LogP contribution in [0.1, 0.15) is 12.5 Å². The number of aryl methyl sites for hydroxylation is 1. The first-order valence-electron chi connectivity index (χ1n) is 7.58. The molecule has 2 rings (SSSR count). The van der Waals surface area contributed by atoms with Crippen LogP contribution in [0.4, 0.5) is 5.69 Å². The van der Waals surface area contributed by atoms with E-state index in [1.165, 1.54) is 0 Å². The number of hydrogen-bond acceptors (Lipinski definition) is 4. The van der Waals surface area contributed by atoms with E-state index in [-0.39, 0.29) is 17.9 Å². The molecule has 120 valence electrons. The van der Waals surface area contributed by atoms with Gasteiger partial charge < -0.3 is 11.1 Å². The first kappa shape index (κ1) is 16.5. The molecule has 0 radical (unpaired) electrons.